The third-order valence-corrected chi connectivity index (χ3v) is 4.35. The molecule has 2 amide bonds. The van der Waals surface area contributed by atoms with Crippen molar-refractivity contribution in [1.82, 2.24) is 19.8 Å². The van der Waals surface area contributed by atoms with E-state index in [1.54, 1.807) is 23.8 Å². The van der Waals surface area contributed by atoms with Gasteiger partial charge in [0.2, 0.25) is 5.95 Å². The molecular formula is C19H23N5O4. The lowest BCUT2D eigenvalue weighted by Crippen LogP contribution is -2.50. The molecule has 1 saturated heterocycles. The maximum Gasteiger partial charge on any atom is 0.409 e. The van der Waals surface area contributed by atoms with Gasteiger partial charge in [0.15, 0.2) is 0 Å². The molecule has 0 aliphatic carbocycles. The Hall–Kier alpha value is -3.36. The van der Waals surface area contributed by atoms with Gasteiger partial charge in [0, 0.05) is 38.6 Å². The highest BCUT2D eigenvalue weighted by atomic mass is 16.6. The van der Waals surface area contributed by atoms with Crippen LogP contribution in [0.2, 0.25) is 0 Å². The molecule has 0 unspecified atom stereocenters. The second-order valence-electron chi connectivity index (χ2n) is 6.10. The number of carbonyl (C=O) groups excluding carboxylic acids is 2. The third kappa shape index (κ3) is 4.48. The minimum absolute atomic E-state index is 0.160. The van der Waals surface area contributed by atoms with Crippen LogP contribution in [0.1, 0.15) is 17.3 Å². The highest BCUT2D eigenvalue weighted by Crippen LogP contribution is 2.25. The Morgan fingerprint density at radius 3 is 2.36 bits per heavy atom. The Balaban J connectivity index is 1.59. The van der Waals surface area contributed by atoms with Crippen LogP contribution in [0.15, 0.2) is 36.7 Å². The normalized spacial score (nSPS) is 13.8. The number of aromatic nitrogens is 2. The molecule has 28 heavy (non-hydrogen) atoms. The first kappa shape index (κ1) is 19.4. The first-order valence-electron chi connectivity index (χ1n) is 9.05. The number of para-hydroxylation sites is 2. The second kappa shape index (κ2) is 9.03. The molecule has 1 aromatic heterocycles. The molecule has 9 heteroatoms. The zero-order valence-corrected chi connectivity index (χ0v) is 15.9. The van der Waals surface area contributed by atoms with E-state index in [1.807, 2.05) is 24.3 Å². The Labute approximate surface area is 163 Å². The van der Waals surface area contributed by atoms with Crippen LogP contribution in [0.5, 0.6) is 5.75 Å². The van der Waals surface area contributed by atoms with Crippen LogP contribution in [0.4, 0.5) is 16.4 Å². The monoisotopic (exact) mass is 385 g/mol. The molecule has 2 heterocycles. The number of nitrogens with zero attached hydrogens (tertiary/aromatic N) is 4. The zero-order valence-electron chi connectivity index (χ0n) is 15.9. The van der Waals surface area contributed by atoms with Crippen LogP contribution in [0.25, 0.3) is 0 Å². The summed E-state index contributed by atoms with van der Waals surface area (Å²) in [5, 5.41) is 3.07. The summed E-state index contributed by atoms with van der Waals surface area (Å²) in [6.45, 7) is 3.88. The fourth-order valence-corrected chi connectivity index (χ4v) is 2.86. The van der Waals surface area contributed by atoms with Crippen LogP contribution in [0.3, 0.4) is 0 Å². The number of ether oxygens (including phenoxy) is 2. The minimum atomic E-state index is -0.343. The molecule has 0 radical (unpaired) electrons. The van der Waals surface area contributed by atoms with Crippen molar-refractivity contribution in [3.63, 3.8) is 0 Å². The number of hydrogen-bond donors (Lipinski definition) is 1. The number of amides is 2. The molecule has 1 N–H and O–H groups in total. The lowest BCUT2D eigenvalue weighted by Gasteiger charge is -2.33. The molecule has 0 saturated carbocycles. The molecule has 9 nitrogen and oxygen atoms in total. The van der Waals surface area contributed by atoms with Crippen molar-refractivity contribution in [2.24, 2.45) is 0 Å². The Morgan fingerprint density at radius 2 is 1.71 bits per heavy atom. The van der Waals surface area contributed by atoms with Crippen molar-refractivity contribution in [3.8, 4) is 5.75 Å². The molecular weight excluding hydrogens is 362 g/mol. The van der Waals surface area contributed by atoms with Crippen molar-refractivity contribution in [3.05, 3.63) is 42.2 Å². The van der Waals surface area contributed by atoms with E-state index >= 15 is 0 Å². The van der Waals surface area contributed by atoms with Crippen molar-refractivity contribution >= 4 is 23.6 Å². The van der Waals surface area contributed by atoms with Gasteiger partial charge in [0.25, 0.3) is 5.91 Å². The van der Waals surface area contributed by atoms with Crippen LogP contribution >= 0.6 is 0 Å². The molecule has 0 atom stereocenters. The SMILES string of the molecule is CCOC(=O)N1CCN(C(=O)c2cnc(Nc3ccccc3OC)nc2)CC1. The number of benzene rings is 1. The van der Waals surface area contributed by atoms with Crippen LogP contribution in [-0.2, 0) is 4.74 Å². The number of hydrogen-bond acceptors (Lipinski definition) is 7. The maximum atomic E-state index is 12.6. The van der Waals surface area contributed by atoms with Crippen molar-refractivity contribution in [1.29, 1.82) is 0 Å². The van der Waals surface area contributed by atoms with E-state index in [0.29, 0.717) is 50.0 Å². The van der Waals surface area contributed by atoms with Gasteiger partial charge in [-0.05, 0) is 19.1 Å². The van der Waals surface area contributed by atoms with E-state index in [2.05, 4.69) is 15.3 Å². The van der Waals surface area contributed by atoms with Crippen molar-refractivity contribution in [2.45, 2.75) is 6.92 Å². The summed E-state index contributed by atoms with van der Waals surface area (Å²) in [5.41, 5.74) is 1.13. The Kier molecular flexibility index (Phi) is 6.25. The molecule has 3 rings (SSSR count). The van der Waals surface area contributed by atoms with Gasteiger partial charge < -0.3 is 24.6 Å². The van der Waals surface area contributed by atoms with Gasteiger partial charge in [-0.2, -0.15) is 0 Å². The molecule has 0 spiro atoms. The fourth-order valence-electron chi connectivity index (χ4n) is 2.86. The lowest BCUT2D eigenvalue weighted by molar-refractivity contribution is 0.0570. The largest absolute Gasteiger partial charge is 0.495 e. The van der Waals surface area contributed by atoms with Gasteiger partial charge in [-0.25, -0.2) is 14.8 Å². The van der Waals surface area contributed by atoms with Gasteiger partial charge in [-0.1, -0.05) is 12.1 Å². The second-order valence-corrected chi connectivity index (χ2v) is 6.10. The number of methoxy groups -OCH3 is 1. The molecule has 2 aromatic rings. The van der Waals surface area contributed by atoms with E-state index < -0.39 is 0 Å². The summed E-state index contributed by atoms with van der Waals surface area (Å²) in [4.78, 5) is 36.1. The van der Waals surface area contributed by atoms with E-state index in [-0.39, 0.29) is 12.0 Å². The van der Waals surface area contributed by atoms with E-state index in [9.17, 15) is 9.59 Å². The van der Waals surface area contributed by atoms with Gasteiger partial charge >= 0.3 is 6.09 Å². The van der Waals surface area contributed by atoms with E-state index in [1.165, 1.54) is 12.4 Å². The molecule has 1 aromatic carbocycles. The smallest absolute Gasteiger partial charge is 0.409 e. The average molecular weight is 385 g/mol. The fraction of sp³-hybridized carbons (Fsp3) is 0.368. The summed E-state index contributed by atoms with van der Waals surface area (Å²) in [5.74, 6) is 0.881. The standard InChI is InChI=1S/C19H23N5O4/c1-3-28-19(26)24-10-8-23(9-11-24)17(25)14-12-20-18(21-13-14)22-15-6-4-5-7-16(15)27-2/h4-7,12-13H,3,8-11H2,1-2H3,(H,20,21,22). The van der Waals surface area contributed by atoms with Crippen LogP contribution < -0.4 is 10.1 Å². The van der Waals surface area contributed by atoms with Gasteiger partial charge in [-0.3, -0.25) is 4.79 Å². The predicted octanol–water partition coefficient (Wildman–Crippen LogP) is 2.14. The zero-order chi connectivity index (χ0) is 19.9. The van der Waals surface area contributed by atoms with Gasteiger partial charge in [-0.15, -0.1) is 0 Å². The number of rotatable bonds is 5. The number of anilines is 2. The number of carbonyl (C=O) groups is 2. The summed E-state index contributed by atoms with van der Waals surface area (Å²) in [7, 11) is 1.59. The number of piperazine rings is 1. The summed E-state index contributed by atoms with van der Waals surface area (Å²) in [6.07, 6.45) is 2.64. The van der Waals surface area contributed by atoms with E-state index in [4.69, 9.17) is 9.47 Å². The minimum Gasteiger partial charge on any atom is -0.495 e. The predicted molar refractivity (Wildman–Crippen MR) is 103 cm³/mol. The topological polar surface area (TPSA) is 96.9 Å². The van der Waals surface area contributed by atoms with Crippen molar-refractivity contribution in [2.75, 3.05) is 45.2 Å². The van der Waals surface area contributed by atoms with E-state index in [0.717, 1.165) is 5.69 Å². The Morgan fingerprint density at radius 1 is 1.07 bits per heavy atom. The van der Waals surface area contributed by atoms with Crippen LogP contribution in [-0.4, -0.2) is 71.7 Å². The summed E-state index contributed by atoms with van der Waals surface area (Å²) < 4.78 is 10.3. The average Bonchev–Trinajstić information content (AvgIpc) is 2.74. The van der Waals surface area contributed by atoms with Gasteiger partial charge in [0.05, 0.1) is 25.0 Å². The highest BCUT2D eigenvalue weighted by Gasteiger charge is 2.25. The molecule has 0 bridgehead atoms. The maximum absolute atomic E-state index is 12.6. The molecule has 1 aliphatic heterocycles. The summed E-state index contributed by atoms with van der Waals surface area (Å²) in [6, 6.07) is 7.42. The molecule has 148 valence electrons. The molecule has 1 fully saturated rings. The van der Waals surface area contributed by atoms with Crippen LogP contribution in [0, 0.1) is 0 Å². The summed E-state index contributed by atoms with van der Waals surface area (Å²) >= 11 is 0. The Bertz CT molecular complexity index is 819. The number of nitrogens with one attached hydrogen (secondary N) is 1. The molecule has 1 aliphatic rings. The quantitative estimate of drug-likeness (QED) is 0.842. The lowest BCUT2D eigenvalue weighted by atomic mass is 10.2. The first-order valence-corrected chi connectivity index (χ1v) is 9.05. The van der Waals surface area contributed by atoms with Gasteiger partial charge in [0.1, 0.15) is 5.75 Å². The van der Waals surface area contributed by atoms with Crippen molar-refractivity contribution < 1.29 is 19.1 Å². The third-order valence-electron chi connectivity index (χ3n) is 4.35. The highest BCUT2D eigenvalue weighted by molar-refractivity contribution is 5.94. The first-order chi connectivity index (χ1) is 13.6.